The summed E-state index contributed by atoms with van der Waals surface area (Å²) in [5.74, 6) is -0.0221. The van der Waals surface area contributed by atoms with Crippen LogP contribution in [0.5, 0.6) is 0 Å². The molecule has 0 aliphatic heterocycles. The van der Waals surface area contributed by atoms with Gasteiger partial charge >= 0.3 is 0 Å². The van der Waals surface area contributed by atoms with Crippen molar-refractivity contribution in [3.05, 3.63) is 0 Å². The Hall–Kier alpha value is -0.570. The Bertz CT molecular complexity index is 148. The lowest BCUT2D eigenvalue weighted by Gasteiger charge is -2.16. The Balaban J connectivity index is 3.64. The predicted octanol–water partition coefficient (Wildman–Crippen LogP) is 1.72. The van der Waals surface area contributed by atoms with Crippen LogP contribution in [0.15, 0.2) is 0 Å². The van der Waals surface area contributed by atoms with Gasteiger partial charge in [-0.3, -0.25) is 4.79 Å². The first kappa shape index (κ1) is 12.4. The van der Waals surface area contributed by atoms with Crippen molar-refractivity contribution in [3.8, 4) is 0 Å². The molecule has 2 atom stereocenters. The normalized spacial score (nSPS) is 15.1. The Morgan fingerprint density at radius 2 is 2.08 bits per heavy atom. The summed E-state index contributed by atoms with van der Waals surface area (Å²) < 4.78 is 4.91. The van der Waals surface area contributed by atoms with Crippen LogP contribution in [0.4, 0.5) is 0 Å². The monoisotopic (exact) mass is 187 g/mol. The van der Waals surface area contributed by atoms with Gasteiger partial charge in [0.15, 0.2) is 0 Å². The third-order valence-corrected chi connectivity index (χ3v) is 2.10. The Labute approximate surface area is 80.8 Å². The molecule has 0 aromatic carbocycles. The molecule has 13 heavy (non-hydrogen) atoms. The van der Waals surface area contributed by atoms with Gasteiger partial charge in [0.05, 0.1) is 0 Å². The summed E-state index contributed by atoms with van der Waals surface area (Å²) in [7, 11) is 1.54. The summed E-state index contributed by atoms with van der Waals surface area (Å²) >= 11 is 0. The summed E-state index contributed by atoms with van der Waals surface area (Å²) in [5, 5.41) is 2.90. The van der Waals surface area contributed by atoms with E-state index in [2.05, 4.69) is 12.2 Å². The molecule has 0 saturated carbocycles. The largest absolute Gasteiger partial charge is 0.372 e. The number of methoxy groups -OCH3 is 1. The standard InChI is InChI=1S/C10H21NO2/c1-5-6-7-8(2)11-10(12)9(3)13-4/h8-9H,5-7H2,1-4H3,(H,11,12). The minimum Gasteiger partial charge on any atom is -0.372 e. The van der Waals surface area contributed by atoms with Crippen LogP contribution in [0.3, 0.4) is 0 Å². The van der Waals surface area contributed by atoms with E-state index in [0.717, 1.165) is 12.8 Å². The molecular formula is C10H21NO2. The average molecular weight is 187 g/mol. The maximum atomic E-state index is 11.3. The van der Waals surface area contributed by atoms with Crippen LogP contribution >= 0.6 is 0 Å². The lowest BCUT2D eigenvalue weighted by molar-refractivity contribution is -0.130. The molecule has 0 aliphatic carbocycles. The number of rotatable bonds is 6. The van der Waals surface area contributed by atoms with Gasteiger partial charge in [-0.25, -0.2) is 0 Å². The fourth-order valence-electron chi connectivity index (χ4n) is 1.05. The second-order valence-corrected chi connectivity index (χ2v) is 3.43. The third-order valence-electron chi connectivity index (χ3n) is 2.10. The van der Waals surface area contributed by atoms with Gasteiger partial charge in [-0.1, -0.05) is 19.8 Å². The minimum atomic E-state index is -0.343. The molecule has 0 aromatic rings. The zero-order chi connectivity index (χ0) is 10.3. The van der Waals surface area contributed by atoms with Crippen molar-refractivity contribution in [1.29, 1.82) is 0 Å². The second kappa shape index (κ2) is 6.89. The lowest BCUT2D eigenvalue weighted by atomic mass is 10.1. The van der Waals surface area contributed by atoms with Crippen LogP contribution in [0.2, 0.25) is 0 Å². The average Bonchev–Trinajstić information content (AvgIpc) is 2.13. The molecule has 0 rings (SSSR count). The maximum Gasteiger partial charge on any atom is 0.249 e. The maximum absolute atomic E-state index is 11.3. The number of nitrogens with one attached hydrogen (secondary N) is 1. The fourth-order valence-corrected chi connectivity index (χ4v) is 1.05. The smallest absolute Gasteiger partial charge is 0.249 e. The van der Waals surface area contributed by atoms with Crippen molar-refractivity contribution in [3.63, 3.8) is 0 Å². The highest BCUT2D eigenvalue weighted by Crippen LogP contribution is 2.00. The highest BCUT2D eigenvalue weighted by molar-refractivity contribution is 5.80. The number of hydrogen-bond donors (Lipinski definition) is 1. The summed E-state index contributed by atoms with van der Waals surface area (Å²) in [5.41, 5.74) is 0. The second-order valence-electron chi connectivity index (χ2n) is 3.43. The molecule has 0 heterocycles. The fraction of sp³-hybridized carbons (Fsp3) is 0.900. The molecule has 0 fully saturated rings. The molecule has 1 amide bonds. The molecule has 3 nitrogen and oxygen atoms in total. The number of ether oxygens (including phenoxy) is 1. The highest BCUT2D eigenvalue weighted by Gasteiger charge is 2.13. The molecule has 0 bridgehead atoms. The Morgan fingerprint density at radius 1 is 1.46 bits per heavy atom. The molecule has 78 valence electrons. The van der Waals surface area contributed by atoms with Crippen LogP contribution in [0.1, 0.15) is 40.0 Å². The first-order valence-corrected chi connectivity index (χ1v) is 4.95. The van der Waals surface area contributed by atoms with Crippen LogP contribution in [0.25, 0.3) is 0 Å². The first-order chi connectivity index (χ1) is 6.11. The van der Waals surface area contributed by atoms with Gasteiger partial charge in [0.2, 0.25) is 5.91 Å². The SMILES string of the molecule is CCCCC(C)NC(=O)C(C)OC. The van der Waals surface area contributed by atoms with Crippen molar-refractivity contribution in [2.45, 2.75) is 52.2 Å². The van der Waals surface area contributed by atoms with Gasteiger partial charge in [-0.15, -0.1) is 0 Å². The molecule has 2 unspecified atom stereocenters. The van der Waals surface area contributed by atoms with Gasteiger partial charge < -0.3 is 10.1 Å². The summed E-state index contributed by atoms with van der Waals surface area (Å²) in [6.45, 7) is 5.92. The molecular weight excluding hydrogens is 166 g/mol. The van der Waals surface area contributed by atoms with E-state index in [4.69, 9.17) is 4.74 Å². The van der Waals surface area contributed by atoms with E-state index in [9.17, 15) is 4.79 Å². The van der Waals surface area contributed by atoms with Crippen LogP contribution in [-0.2, 0) is 9.53 Å². The van der Waals surface area contributed by atoms with Crippen LogP contribution < -0.4 is 5.32 Å². The molecule has 3 heteroatoms. The van der Waals surface area contributed by atoms with Crippen molar-refractivity contribution in [2.24, 2.45) is 0 Å². The zero-order valence-corrected chi connectivity index (χ0v) is 9.09. The minimum absolute atomic E-state index is 0.0221. The highest BCUT2D eigenvalue weighted by atomic mass is 16.5. The van der Waals surface area contributed by atoms with Crippen LogP contribution in [-0.4, -0.2) is 25.2 Å². The van der Waals surface area contributed by atoms with Gasteiger partial charge in [0, 0.05) is 13.2 Å². The lowest BCUT2D eigenvalue weighted by Crippen LogP contribution is -2.39. The number of carbonyl (C=O) groups excluding carboxylic acids is 1. The first-order valence-electron chi connectivity index (χ1n) is 4.95. The van der Waals surface area contributed by atoms with E-state index in [1.807, 2.05) is 6.92 Å². The van der Waals surface area contributed by atoms with E-state index in [-0.39, 0.29) is 18.1 Å². The predicted molar refractivity (Wildman–Crippen MR) is 53.6 cm³/mol. The number of carbonyl (C=O) groups is 1. The van der Waals surface area contributed by atoms with Crippen LogP contribution in [0, 0.1) is 0 Å². The van der Waals surface area contributed by atoms with Crippen molar-refractivity contribution >= 4 is 5.91 Å². The molecule has 0 spiro atoms. The Morgan fingerprint density at radius 3 is 2.54 bits per heavy atom. The van der Waals surface area contributed by atoms with Crippen molar-refractivity contribution in [1.82, 2.24) is 5.32 Å². The van der Waals surface area contributed by atoms with E-state index < -0.39 is 0 Å². The van der Waals surface area contributed by atoms with Gasteiger partial charge in [0.1, 0.15) is 6.10 Å². The van der Waals surface area contributed by atoms with Gasteiger partial charge in [-0.05, 0) is 20.3 Å². The summed E-state index contributed by atoms with van der Waals surface area (Å²) in [6, 6.07) is 0.255. The molecule has 1 N–H and O–H groups in total. The Kier molecular flexibility index (Phi) is 6.59. The van der Waals surface area contributed by atoms with Gasteiger partial charge in [0.25, 0.3) is 0 Å². The molecule has 0 radical (unpaired) electrons. The zero-order valence-electron chi connectivity index (χ0n) is 9.09. The third kappa shape index (κ3) is 5.64. The molecule has 0 aliphatic rings. The van der Waals surface area contributed by atoms with Gasteiger partial charge in [-0.2, -0.15) is 0 Å². The van der Waals surface area contributed by atoms with E-state index in [1.54, 1.807) is 14.0 Å². The van der Waals surface area contributed by atoms with Crippen molar-refractivity contribution < 1.29 is 9.53 Å². The summed E-state index contributed by atoms with van der Waals surface area (Å²) in [6.07, 6.45) is 3.02. The number of unbranched alkanes of at least 4 members (excludes halogenated alkanes) is 1. The quantitative estimate of drug-likeness (QED) is 0.687. The summed E-state index contributed by atoms with van der Waals surface area (Å²) in [4.78, 5) is 11.3. The van der Waals surface area contributed by atoms with E-state index >= 15 is 0 Å². The van der Waals surface area contributed by atoms with E-state index in [1.165, 1.54) is 6.42 Å². The molecule has 0 saturated heterocycles. The number of amides is 1. The number of hydrogen-bond acceptors (Lipinski definition) is 2. The van der Waals surface area contributed by atoms with E-state index in [0.29, 0.717) is 0 Å². The topological polar surface area (TPSA) is 38.3 Å². The van der Waals surface area contributed by atoms with Crippen molar-refractivity contribution in [2.75, 3.05) is 7.11 Å². The molecule has 0 aromatic heterocycles.